The minimum absolute atomic E-state index is 0.0522. The summed E-state index contributed by atoms with van der Waals surface area (Å²) in [6.07, 6.45) is 6.29. The van der Waals surface area contributed by atoms with Crippen molar-refractivity contribution in [1.29, 1.82) is 0 Å². The molecule has 0 N–H and O–H groups in total. The van der Waals surface area contributed by atoms with E-state index >= 15 is 0 Å². The molecular formula is C28H43IO3S. The second-order valence-electron chi connectivity index (χ2n) is 10.9. The third kappa shape index (κ3) is 9.33. The average molecular weight is 587 g/mol. The zero-order valence-electron chi connectivity index (χ0n) is 21.6. The topological polar surface area (TPSA) is 43.4 Å². The van der Waals surface area contributed by atoms with E-state index in [1.165, 1.54) is 30.4 Å². The fourth-order valence-corrected chi connectivity index (χ4v) is 10.6. The Bertz CT molecular complexity index is 893. The Kier molecular flexibility index (Phi) is 10.4. The summed E-state index contributed by atoms with van der Waals surface area (Å²) in [7, 11) is -3.58. The summed E-state index contributed by atoms with van der Waals surface area (Å²) in [6.45, 7) is 15.3. The molecule has 0 aromatic heterocycles. The van der Waals surface area contributed by atoms with Crippen molar-refractivity contribution in [2.45, 2.75) is 97.8 Å². The Morgan fingerprint density at radius 1 is 0.667 bits per heavy atom. The molecule has 0 saturated carbocycles. The zero-order chi connectivity index (χ0) is 24.7. The summed E-state index contributed by atoms with van der Waals surface area (Å²) in [5, 5.41) is 0. The summed E-state index contributed by atoms with van der Waals surface area (Å²) in [6, 6.07) is 16.8. The molecule has 3 nitrogen and oxygen atoms in total. The van der Waals surface area contributed by atoms with Gasteiger partial charge in [-0.05, 0) is 0 Å². The van der Waals surface area contributed by atoms with Crippen LogP contribution >= 0.6 is 20.2 Å². The molecule has 5 heteroatoms. The van der Waals surface area contributed by atoms with Gasteiger partial charge in [0.15, 0.2) is 0 Å². The quantitative estimate of drug-likeness (QED) is 0.196. The molecule has 33 heavy (non-hydrogen) atoms. The maximum atomic E-state index is 12.9. The van der Waals surface area contributed by atoms with Gasteiger partial charge in [-0.3, -0.25) is 0 Å². The Morgan fingerprint density at radius 3 is 1.45 bits per heavy atom. The molecule has 2 aromatic carbocycles. The minimum atomic E-state index is -3.58. The Hall–Kier alpha value is -0.920. The first-order valence-electron chi connectivity index (χ1n) is 12.2. The van der Waals surface area contributed by atoms with Crippen molar-refractivity contribution < 1.29 is 10.9 Å². The van der Waals surface area contributed by atoms with Crippen LogP contribution in [-0.2, 0) is 23.5 Å². The Morgan fingerprint density at radius 2 is 1.06 bits per heavy atom. The van der Waals surface area contributed by atoms with Crippen LogP contribution in [0, 0.1) is 7.14 Å². The van der Waals surface area contributed by atoms with Crippen molar-refractivity contribution in [1.82, 2.24) is 0 Å². The van der Waals surface area contributed by atoms with Crippen LogP contribution < -0.4 is 0 Å². The fraction of sp³-hybridized carbons (Fsp3) is 0.571. The van der Waals surface area contributed by atoms with Gasteiger partial charge in [-0.25, -0.2) is 0 Å². The maximum absolute atomic E-state index is 12.9. The van der Waals surface area contributed by atoms with E-state index in [1.807, 2.05) is 0 Å². The molecule has 0 spiro atoms. The van der Waals surface area contributed by atoms with Crippen molar-refractivity contribution in [3.8, 4) is 0 Å². The first-order chi connectivity index (χ1) is 15.3. The molecule has 2 rings (SSSR count). The predicted molar refractivity (Wildman–Crippen MR) is 150 cm³/mol. The molecule has 0 saturated heterocycles. The van der Waals surface area contributed by atoms with E-state index in [0.29, 0.717) is 6.42 Å². The van der Waals surface area contributed by atoms with Crippen molar-refractivity contribution in [3.63, 3.8) is 0 Å². The van der Waals surface area contributed by atoms with Crippen LogP contribution in [0.15, 0.2) is 48.5 Å². The third-order valence-electron chi connectivity index (χ3n) is 5.72. The first-order valence-corrected chi connectivity index (χ1v) is 16.8. The van der Waals surface area contributed by atoms with E-state index in [4.69, 9.17) is 2.51 Å². The van der Waals surface area contributed by atoms with E-state index in [1.54, 1.807) is 0 Å². The van der Waals surface area contributed by atoms with Crippen LogP contribution in [0.5, 0.6) is 0 Å². The van der Waals surface area contributed by atoms with Gasteiger partial charge in [-0.15, -0.1) is 0 Å². The van der Waals surface area contributed by atoms with Crippen molar-refractivity contribution >= 4 is 30.4 Å². The van der Waals surface area contributed by atoms with Gasteiger partial charge < -0.3 is 0 Å². The van der Waals surface area contributed by atoms with Crippen molar-refractivity contribution in [3.05, 3.63) is 66.8 Å². The molecule has 0 aliphatic heterocycles. The van der Waals surface area contributed by atoms with E-state index < -0.39 is 30.4 Å². The number of hydrogen-bond acceptors (Lipinski definition) is 3. The van der Waals surface area contributed by atoms with Crippen LogP contribution in [-0.4, -0.2) is 14.2 Å². The normalized spacial score (nSPS) is 13.2. The summed E-state index contributed by atoms with van der Waals surface area (Å²) in [4.78, 5) is 0. The SMILES string of the molecule is CCCCCCCCS(=O)(=O)OI(c1ccc(C(C)(C)C)cc1)c1ccc(C(C)(C)C)cc1. The van der Waals surface area contributed by atoms with Crippen LogP contribution in [0.2, 0.25) is 0 Å². The van der Waals surface area contributed by atoms with Gasteiger partial charge in [-0.2, -0.15) is 0 Å². The summed E-state index contributed by atoms with van der Waals surface area (Å²) in [5.74, 6) is 0.104. The second kappa shape index (κ2) is 12.2. The Labute approximate surface area is 210 Å². The van der Waals surface area contributed by atoms with Gasteiger partial charge in [0, 0.05) is 0 Å². The molecule has 0 aliphatic carbocycles. The van der Waals surface area contributed by atoms with Gasteiger partial charge in [0.25, 0.3) is 0 Å². The molecule has 0 radical (unpaired) electrons. The third-order valence-corrected chi connectivity index (χ3v) is 13.3. The number of rotatable bonds is 11. The van der Waals surface area contributed by atoms with Gasteiger partial charge in [0.2, 0.25) is 0 Å². The standard InChI is InChI=1S/C28H43IO3S/c1-8-9-10-11-12-13-22-33(30,31)32-29(25-18-14-23(15-19-25)27(2,3)4)26-20-16-24(17-21-26)28(5,6)7/h14-21H,8-13,22H2,1-7H3. The van der Waals surface area contributed by atoms with Gasteiger partial charge in [0.05, 0.1) is 0 Å². The molecule has 0 atom stereocenters. The van der Waals surface area contributed by atoms with Crippen molar-refractivity contribution in [2.24, 2.45) is 0 Å². The monoisotopic (exact) mass is 586 g/mol. The number of hydrogen-bond donors (Lipinski definition) is 0. The molecular weight excluding hydrogens is 543 g/mol. The van der Waals surface area contributed by atoms with Crippen LogP contribution in [0.3, 0.4) is 0 Å². The molecule has 0 amide bonds. The van der Waals surface area contributed by atoms with Crippen LogP contribution in [0.1, 0.15) is 98.1 Å². The van der Waals surface area contributed by atoms with Crippen LogP contribution in [0.4, 0.5) is 0 Å². The van der Waals surface area contributed by atoms with Crippen molar-refractivity contribution in [2.75, 3.05) is 5.75 Å². The van der Waals surface area contributed by atoms with Gasteiger partial charge in [-0.1, -0.05) is 0 Å². The fourth-order valence-electron chi connectivity index (χ4n) is 3.51. The predicted octanol–water partition coefficient (Wildman–Crippen LogP) is 8.45. The molecule has 0 aliphatic rings. The van der Waals surface area contributed by atoms with E-state index in [0.717, 1.165) is 20.0 Å². The van der Waals surface area contributed by atoms with E-state index in [2.05, 4.69) is 97.0 Å². The van der Waals surface area contributed by atoms with E-state index in [9.17, 15) is 8.42 Å². The Balaban J connectivity index is 2.25. The number of halogens is 1. The number of benzene rings is 2. The molecule has 0 unspecified atom stereocenters. The molecule has 0 bridgehead atoms. The summed E-state index contributed by atoms with van der Waals surface area (Å²) < 4.78 is 33.9. The molecule has 0 heterocycles. The zero-order valence-corrected chi connectivity index (χ0v) is 24.6. The first kappa shape index (κ1) is 28.3. The van der Waals surface area contributed by atoms with Gasteiger partial charge in [0.1, 0.15) is 0 Å². The molecule has 0 fully saturated rings. The second-order valence-corrected chi connectivity index (χ2v) is 17.5. The van der Waals surface area contributed by atoms with E-state index in [-0.39, 0.29) is 16.6 Å². The average Bonchev–Trinajstić information content (AvgIpc) is 2.73. The van der Waals surface area contributed by atoms with Crippen LogP contribution in [0.25, 0.3) is 0 Å². The molecule has 2 aromatic rings. The number of unbranched alkanes of at least 4 members (excludes halogenated alkanes) is 5. The summed E-state index contributed by atoms with van der Waals surface area (Å²) in [5.41, 5.74) is 2.58. The molecule has 186 valence electrons. The summed E-state index contributed by atoms with van der Waals surface area (Å²) >= 11 is -2.61. The van der Waals surface area contributed by atoms with Gasteiger partial charge >= 0.3 is 212 Å².